The van der Waals surface area contributed by atoms with Crippen LogP contribution in [0.1, 0.15) is 17.3 Å². The van der Waals surface area contributed by atoms with Crippen LogP contribution in [0.15, 0.2) is 36.7 Å². The van der Waals surface area contributed by atoms with Gasteiger partial charge in [-0.3, -0.25) is 0 Å². The molecule has 0 aromatic carbocycles. The first-order chi connectivity index (χ1) is 9.47. The van der Waals surface area contributed by atoms with Gasteiger partial charge in [0, 0.05) is 12.4 Å². The highest BCUT2D eigenvalue weighted by atomic mass is 16.5. The molecule has 2 heterocycles. The number of ether oxygens (including phenoxy) is 1. The number of esters is 1. The van der Waals surface area contributed by atoms with E-state index in [0.29, 0.717) is 12.2 Å². The second-order valence-electron chi connectivity index (χ2n) is 3.55. The van der Waals surface area contributed by atoms with Crippen molar-refractivity contribution in [3.8, 4) is 0 Å². The molecule has 0 aliphatic carbocycles. The van der Waals surface area contributed by atoms with Gasteiger partial charge in [-0.1, -0.05) is 6.07 Å². The summed E-state index contributed by atoms with van der Waals surface area (Å²) in [7, 11) is 0. The maximum absolute atomic E-state index is 11.5. The quantitative estimate of drug-likeness (QED) is 0.633. The maximum atomic E-state index is 11.5. The van der Waals surface area contributed by atoms with Gasteiger partial charge >= 0.3 is 17.9 Å². The SMILES string of the molecule is CCOC(=O)c1ccn2ccccc12.O=C(O)C(=O)O. The van der Waals surface area contributed by atoms with Crippen molar-refractivity contribution in [3.05, 3.63) is 42.2 Å². The van der Waals surface area contributed by atoms with Gasteiger partial charge in [0.2, 0.25) is 0 Å². The van der Waals surface area contributed by atoms with Crippen LogP contribution in [0.2, 0.25) is 0 Å². The minimum absolute atomic E-state index is 0.263. The number of nitrogens with zero attached hydrogens (tertiary/aromatic N) is 1. The number of carbonyl (C=O) groups is 3. The van der Waals surface area contributed by atoms with E-state index in [1.165, 1.54) is 0 Å². The van der Waals surface area contributed by atoms with Crippen molar-refractivity contribution in [2.75, 3.05) is 6.61 Å². The molecule has 0 aliphatic heterocycles. The van der Waals surface area contributed by atoms with Crippen molar-refractivity contribution < 1.29 is 29.3 Å². The normalized spacial score (nSPS) is 9.45. The van der Waals surface area contributed by atoms with Crippen molar-refractivity contribution in [2.45, 2.75) is 6.92 Å². The van der Waals surface area contributed by atoms with Crippen LogP contribution in [-0.2, 0) is 14.3 Å². The molecule has 106 valence electrons. The third-order valence-corrected chi connectivity index (χ3v) is 2.25. The van der Waals surface area contributed by atoms with Gasteiger partial charge in [-0.15, -0.1) is 0 Å². The zero-order valence-electron chi connectivity index (χ0n) is 10.6. The molecule has 2 N–H and O–H groups in total. The van der Waals surface area contributed by atoms with Crippen LogP contribution in [0.3, 0.4) is 0 Å². The molecule has 0 saturated carbocycles. The van der Waals surface area contributed by atoms with E-state index in [4.69, 9.17) is 24.5 Å². The first kappa shape index (κ1) is 15.2. The predicted octanol–water partition coefficient (Wildman–Crippen LogP) is 1.27. The molecule has 0 spiro atoms. The van der Waals surface area contributed by atoms with E-state index in [2.05, 4.69) is 0 Å². The van der Waals surface area contributed by atoms with Gasteiger partial charge in [-0.25, -0.2) is 14.4 Å². The van der Waals surface area contributed by atoms with Crippen molar-refractivity contribution in [2.24, 2.45) is 0 Å². The number of carboxylic acid groups (broad SMARTS) is 2. The summed E-state index contributed by atoms with van der Waals surface area (Å²) in [6.07, 6.45) is 3.75. The molecule has 2 rings (SSSR count). The summed E-state index contributed by atoms with van der Waals surface area (Å²) in [5.74, 6) is -3.91. The van der Waals surface area contributed by atoms with E-state index in [0.717, 1.165) is 5.52 Å². The van der Waals surface area contributed by atoms with Crippen LogP contribution in [0.25, 0.3) is 5.52 Å². The van der Waals surface area contributed by atoms with Gasteiger partial charge in [-0.05, 0) is 25.1 Å². The standard InChI is InChI=1S/C11H11NO2.C2H2O4/c1-2-14-11(13)9-6-8-12-7-4-3-5-10(9)12;3-1(4)2(5)6/h3-8H,2H2,1H3;(H,3,4)(H,5,6). The summed E-state index contributed by atoms with van der Waals surface area (Å²) in [6, 6.07) is 7.49. The fraction of sp³-hybridized carbons (Fsp3) is 0.154. The van der Waals surface area contributed by atoms with E-state index >= 15 is 0 Å². The molecule has 20 heavy (non-hydrogen) atoms. The fourth-order valence-corrected chi connectivity index (χ4v) is 1.44. The average Bonchev–Trinajstić information content (AvgIpc) is 2.83. The molecule has 0 fully saturated rings. The molecule has 0 aliphatic rings. The highest BCUT2D eigenvalue weighted by Crippen LogP contribution is 2.13. The van der Waals surface area contributed by atoms with E-state index in [9.17, 15) is 4.79 Å². The first-order valence-corrected chi connectivity index (χ1v) is 5.66. The van der Waals surface area contributed by atoms with Crippen molar-refractivity contribution >= 4 is 23.4 Å². The van der Waals surface area contributed by atoms with Crippen LogP contribution < -0.4 is 0 Å². The number of hydrogen-bond donors (Lipinski definition) is 2. The molecular formula is C13H13NO6. The van der Waals surface area contributed by atoms with Crippen molar-refractivity contribution in [1.82, 2.24) is 4.40 Å². The van der Waals surface area contributed by atoms with Crippen LogP contribution in [0.4, 0.5) is 0 Å². The summed E-state index contributed by atoms with van der Waals surface area (Å²) in [6.45, 7) is 2.21. The molecule has 2 aromatic heterocycles. The highest BCUT2D eigenvalue weighted by molar-refractivity contribution is 6.27. The number of carboxylic acids is 2. The molecule has 0 unspecified atom stereocenters. The minimum atomic E-state index is -1.82. The topological polar surface area (TPSA) is 105 Å². The van der Waals surface area contributed by atoms with Gasteiger partial charge in [0.15, 0.2) is 0 Å². The Hall–Kier alpha value is -2.83. The Kier molecular flexibility index (Phi) is 5.28. The van der Waals surface area contributed by atoms with Crippen molar-refractivity contribution in [1.29, 1.82) is 0 Å². The zero-order chi connectivity index (χ0) is 15.1. The van der Waals surface area contributed by atoms with E-state index < -0.39 is 11.9 Å². The largest absolute Gasteiger partial charge is 0.473 e. The van der Waals surface area contributed by atoms with Gasteiger partial charge < -0.3 is 19.4 Å². The Morgan fingerprint density at radius 1 is 1.10 bits per heavy atom. The lowest BCUT2D eigenvalue weighted by Gasteiger charge is -1.99. The lowest BCUT2D eigenvalue weighted by Crippen LogP contribution is -2.09. The molecule has 0 atom stereocenters. The summed E-state index contributed by atoms with van der Waals surface area (Å²) in [4.78, 5) is 29.7. The Morgan fingerprint density at radius 3 is 2.30 bits per heavy atom. The van der Waals surface area contributed by atoms with Gasteiger partial charge in [0.05, 0.1) is 17.7 Å². The van der Waals surface area contributed by atoms with E-state index in [-0.39, 0.29) is 5.97 Å². The van der Waals surface area contributed by atoms with Crippen molar-refractivity contribution in [3.63, 3.8) is 0 Å². The molecule has 0 amide bonds. The summed E-state index contributed by atoms with van der Waals surface area (Å²) < 4.78 is 6.84. The van der Waals surface area contributed by atoms with Gasteiger partial charge in [0.25, 0.3) is 0 Å². The van der Waals surface area contributed by atoms with E-state index in [1.807, 2.05) is 35.0 Å². The molecule has 0 radical (unpaired) electrons. The number of aliphatic carboxylic acids is 2. The number of hydrogen-bond acceptors (Lipinski definition) is 4. The Bertz CT molecular complexity index is 619. The maximum Gasteiger partial charge on any atom is 0.414 e. The molecule has 2 aromatic rings. The zero-order valence-corrected chi connectivity index (χ0v) is 10.6. The molecule has 0 bridgehead atoms. The molecule has 7 nitrogen and oxygen atoms in total. The number of aromatic nitrogens is 1. The van der Waals surface area contributed by atoms with Crippen LogP contribution in [0.5, 0.6) is 0 Å². The lowest BCUT2D eigenvalue weighted by molar-refractivity contribution is -0.159. The second kappa shape index (κ2) is 6.93. The third-order valence-electron chi connectivity index (χ3n) is 2.25. The summed E-state index contributed by atoms with van der Waals surface area (Å²) in [5.41, 5.74) is 1.50. The molecular weight excluding hydrogens is 266 g/mol. The predicted molar refractivity (Wildman–Crippen MR) is 68.6 cm³/mol. The van der Waals surface area contributed by atoms with Gasteiger partial charge in [-0.2, -0.15) is 0 Å². The number of carbonyl (C=O) groups excluding carboxylic acids is 1. The number of rotatable bonds is 2. The Labute approximate surface area is 114 Å². The smallest absolute Gasteiger partial charge is 0.414 e. The first-order valence-electron chi connectivity index (χ1n) is 5.66. The summed E-state index contributed by atoms with van der Waals surface area (Å²) in [5, 5.41) is 14.8. The Balaban J connectivity index is 0.000000286. The van der Waals surface area contributed by atoms with Crippen LogP contribution >= 0.6 is 0 Å². The lowest BCUT2D eigenvalue weighted by atomic mass is 10.2. The molecule has 7 heteroatoms. The average molecular weight is 279 g/mol. The Morgan fingerprint density at radius 2 is 1.75 bits per heavy atom. The monoisotopic (exact) mass is 279 g/mol. The van der Waals surface area contributed by atoms with Crippen LogP contribution in [0, 0.1) is 0 Å². The third kappa shape index (κ3) is 3.84. The summed E-state index contributed by atoms with van der Waals surface area (Å²) >= 11 is 0. The van der Waals surface area contributed by atoms with E-state index in [1.54, 1.807) is 13.0 Å². The number of fused-ring (bicyclic) bond motifs is 1. The van der Waals surface area contributed by atoms with Crippen LogP contribution in [-0.4, -0.2) is 39.1 Å². The molecule has 0 saturated heterocycles. The number of pyridine rings is 1. The highest BCUT2D eigenvalue weighted by Gasteiger charge is 2.10. The van der Waals surface area contributed by atoms with Gasteiger partial charge in [0.1, 0.15) is 0 Å². The fourth-order valence-electron chi connectivity index (χ4n) is 1.44. The minimum Gasteiger partial charge on any atom is -0.473 e. The second-order valence-corrected chi connectivity index (χ2v) is 3.55.